The fourth-order valence-corrected chi connectivity index (χ4v) is 2.81. The number of ether oxygens (including phenoxy) is 3. The molecule has 0 unspecified atom stereocenters. The monoisotopic (exact) mass is 369 g/mol. The molecule has 0 aromatic heterocycles. The van der Waals surface area contributed by atoms with Gasteiger partial charge in [-0.3, -0.25) is 9.59 Å². The second-order valence-corrected chi connectivity index (χ2v) is 6.11. The zero-order valence-electron chi connectivity index (χ0n) is 15.2. The van der Waals surface area contributed by atoms with Crippen LogP contribution < -0.4 is 14.8 Å². The van der Waals surface area contributed by atoms with Gasteiger partial charge in [0.1, 0.15) is 11.5 Å². The fourth-order valence-electron chi connectivity index (χ4n) is 2.81. The molecule has 0 spiro atoms. The Kier molecular flexibility index (Phi) is 5.12. The molecule has 0 radical (unpaired) electrons. The molecule has 7 nitrogen and oxygen atoms in total. The van der Waals surface area contributed by atoms with Gasteiger partial charge in [-0.25, -0.2) is 4.79 Å². The van der Waals surface area contributed by atoms with Crippen molar-refractivity contribution in [1.29, 1.82) is 0 Å². The summed E-state index contributed by atoms with van der Waals surface area (Å²) in [5.41, 5.74) is 2.06. The van der Waals surface area contributed by atoms with Crippen molar-refractivity contribution < 1.29 is 28.6 Å². The second kappa shape index (κ2) is 7.49. The number of hydrogen-bond donors (Lipinski definition) is 1. The third-order valence-corrected chi connectivity index (χ3v) is 4.41. The van der Waals surface area contributed by atoms with Gasteiger partial charge in [0, 0.05) is 17.3 Å². The number of rotatable bonds is 6. The summed E-state index contributed by atoms with van der Waals surface area (Å²) < 4.78 is 15.4. The molecule has 1 heterocycles. The standard InChI is InChI=1S/C20H19NO6/c1-11-16-8-12(4-5-17(16)21-19(11)23)18(22)10-27-20(24)13-6-14(25-2)9-15(7-13)26-3/h4-9,11H,10H2,1-3H3,(H,21,23)/t11-/m0/s1. The quantitative estimate of drug-likeness (QED) is 0.622. The smallest absolute Gasteiger partial charge is 0.338 e. The Morgan fingerprint density at radius 3 is 2.30 bits per heavy atom. The minimum atomic E-state index is -0.660. The number of esters is 1. The molecule has 1 aliphatic heterocycles. The second-order valence-electron chi connectivity index (χ2n) is 6.11. The van der Waals surface area contributed by atoms with E-state index in [4.69, 9.17) is 14.2 Å². The molecule has 140 valence electrons. The van der Waals surface area contributed by atoms with E-state index in [-0.39, 0.29) is 23.2 Å². The maximum Gasteiger partial charge on any atom is 0.338 e. The lowest BCUT2D eigenvalue weighted by Crippen LogP contribution is -2.14. The first kappa shape index (κ1) is 18.4. The minimum absolute atomic E-state index is 0.104. The molecule has 1 atom stereocenters. The average Bonchev–Trinajstić information content (AvgIpc) is 2.98. The molecule has 1 N–H and O–H groups in total. The number of amides is 1. The Hall–Kier alpha value is -3.35. The summed E-state index contributed by atoms with van der Waals surface area (Å²) in [6.45, 7) is 1.36. The lowest BCUT2D eigenvalue weighted by Gasteiger charge is -2.09. The molecule has 7 heteroatoms. The summed E-state index contributed by atoms with van der Waals surface area (Å²) in [6, 6.07) is 9.57. The van der Waals surface area contributed by atoms with Gasteiger partial charge in [-0.05, 0) is 42.8 Å². The highest BCUT2D eigenvalue weighted by Crippen LogP contribution is 2.32. The predicted octanol–water partition coefficient (Wildman–Crippen LogP) is 2.80. The van der Waals surface area contributed by atoms with Crippen molar-refractivity contribution in [1.82, 2.24) is 0 Å². The molecular weight excluding hydrogens is 350 g/mol. The third-order valence-electron chi connectivity index (χ3n) is 4.41. The number of anilines is 1. The number of nitrogens with one attached hydrogen (secondary N) is 1. The summed E-state index contributed by atoms with van der Waals surface area (Å²) in [4.78, 5) is 36.3. The Balaban J connectivity index is 1.69. The highest BCUT2D eigenvalue weighted by molar-refractivity contribution is 6.05. The van der Waals surface area contributed by atoms with Crippen molar-refractivity contribution >= 4 is 23.3 Å². The Bertz CT molecular complexity index is 898. The van der Waals surface area contributed by atoms with Crippen LogP contribution >= 0.6 is 0 Å². The van der Waals surface area contributed by atoms with Crippen LogP contribution in [-0.2, 0) is 9.53 Å². The lowest BCUT2D eigenvalue weighted by atomic mass is 9.99. The Labute approximate surface area is 156 Å². The number of fused-ring (bicyclic) bond motifs is 1. The van der Waals surface area contributed by atoms with E-state index in [2.05, 4.69) is 5.32 Å². The van der Waals surface area contributed by atoms with Crippen molar-refractivity contribution in [2.75, 3.05) is 26.1 Å². The van der Waals surface area contributed by atoms with Gasteiger partial charge < -0.3 is 19.5 Å². The van der Waals surface area contributed by atoms with Gasteiger partial charge in [-0.2, -0.15) is 0 Å². The molecule has 2 aromatic carbocycles. The minimum Gasteiger partial charge on any atom is -0.497 e. The van der Waals surface area contributed by atoms with Crippen LogP contribution in [0.25, 0.3) is 0 Å². The van der Waals surface area contributed by atoms with Crippen LogP contribution in [0.5, 0.6) is 11.5 Å². The van der Waals surface area contributed by atoms with E-state index in [1.165, 1.54) is 26.4 Å². The predicted molar refractivity (Wildman–Crippen MR) is 97.6 cm³/mol. The number of ketones is 1. The van der Waals surface area contributed by atoms with Gasteiger partial charge >= 0.3 is 5.97 Å². The largest absolute Gasteiger partial charge is 0.497 e. The number of Topliss-reactive ketones (excluding diaryl/α,β-unsaturated/α-hetero) is 1. The van der Waals surface area contributed by atoms with E-state index in [1.54, 1.807) is 31.2 Å². The molecule has 1 amide bonds. The first-order valence-corrected chi connectivity index (χ1v) is 8.31. The van der Waals surface area contributed by atoms with Crippen LogP contribution in [0.4, 0.5) is 5.69 Å². The zero-order valence-corrected chi connectivity index (χ0v) is 15.2. The Morgan fingerprint density at radius 1 is 1.00 bits per heavy atom. The van der Waals surface area contributed by atoms with E-state index in [0.29, 0.717) is 22.7 Å². The van der Waals surface area contributed by atoms with E-state index < -0.39 is 12.6 Å². The highest BCUT2D eigenvalue weighted by Gasteiger charge is 2.27. The molecule has 1 aliphatic rings. The van der Waals surface area contributed by atoms with E-state index in [0.717, 1.165) is 5.56 Å². The van der Waals surface area contributed by atoms with E-state index in [9.17, 15) is 14.4 Å². The number of benzene rings is 2. The highest BCUT2D eigenvalue weighted by atomic mass is 16.5. The fraction of sp³-hybridized carbons (Fsp3) is 0.250. The maximum atomic E-state index is 12.4. The summed E-state index contributed by atoms with van der Waals surface area (Å²) >= 11 is 0. The summed E-state index contributed by atoms with van der Waals surface area (Å²) in [6.07, 6.45) is 0. The van der Waals surface area contributed by atoms with Crippen molar-refractivity contribution in [3.63, 3.8) is 0 Å². The van der Waals surface area contributed by atoms with Crippen LogP contribution in [0.2, 0.25) is 0 Å². The van der Waals surface area contributed by atoms with Gasteiger partial charge in [0.2, 0.25) is 5.91 Å². The molecule has 0 saturated carbocycles. The SMILES string of the molecule is COc1cc(OC)cc(C(=O)OCC(=O)c2ccc3c(c2)[C@H](C)C(=O)N3)c1. The first-order valence-electron chi connectivity index (χ1n) is 8.31. The Morgan fingerprint density at radius 2 is 1.67 bits per heavy atom. The van der Waals surface area contributed by atoms with Gasteiger partial charge in [0.25, 0.3) is 0 Å². The number of carbonyl (C=O) groups is 3. The first-order chi connectivity index (χ1) is 12.9. The number of carbonyl (C=O) groups excluding carboxylic acids is 3. The molecular formula is C20H19NO6. The number of hydrogen-bond acceptors (Lipinski definition) is 6. The van der Waals surface area contributed by atoms with E-state index >= 15 is 0 Å². The topological polar surface area (TPSA) is 90.9 Å². The van der Waals surface area contributed by atoms with Crippen LogP contribution in [0.15, 0.2) is 36.4 Å². The summed E-state index contributed by atoms with van der Waals surface area (Å²) in [5, 5.41) is 2.75. The van der Waals surface area contributed by atoms with Gasteiger partial charge in [0.15, 0.2) is 12.4 Å². The number of methoxy groups -OCH3 is 2. The maximum absolute atomic E-state index is 12.4. The van der Waals surface area contributed by atoms with E-state index in [1.807, 2.05) is 0 Å². The molecule has 0 bridgehead atoms. The van der Waals surface area contributed by atoms with Crippen molar-refractivity contribution in [3.05, 3.63) is 53.1 Å². The van der Waals surface area contributed by atoms with Crippen LogP contribution in [0.3, 0.4) is 0 Å². The zero-order chi connectivity index (χ0) is 19.6. The van der Waals surface area contributed by atoms with Crippen molar-refractivity contribution in [3.8, 4) is 11.5 Å². The van der Waals surface area contributed by atoms with Crippen molar-refractivity contribution in [2.45, 2.75) is 12.8 Å². The summed E-state index contributed by atoms with van der Waals surface area (Å²) in [5.74, 6) is -0.554. The van der Waals surface area contributed by atoms with Gasteiger partial charge in [-0.1, -0.05) is 0 Å². The molecule has 27 heavy (non-hydrogen) atoms. The molecule has 0 fully saturated rings. The molecule has 0 aliphatic carbocycles. The third kappa shape index (κ3) is 3.76. The summed E-state index contributed by atoms with van der Waals surface area (Å²) in [7, 11) is 2.95. The lowest BCUT2D eigenvalue weighted by molar-refractivity contribution is -0.116. The normalized spacial score (nSPS) is 14.9. The average molecular weight is 369 g/mol. The molecule has 2 aromatic rings. The van der Waals surface area contributed by atoms with Crippen LogP contribution in [0, 0.1) is 0 Å². The molecule has 0 saturated heterocycles. The molecule has 3 rings (SSSR count). The van der Waals surface area contributed by atoms with Gasteiger partial charge in [0.05, 0.1) is 25.7 Å². The van der Waals surface area contributed by atoms with Crippen LogP contribution in [0.1, 0.15) is 39.1 Å². The van der Waals surface area contributed by atoms with Crippen LogP contribution in [-0.4, -0.2) is 38.5 Å². The van der Waals surface area contributed by atoms with Gasteiger partial charge in [-0.15, -0.1) is 0 Å². The van der Waals surface area contributed by atoms with Crippen molar-refractivity contribution in [2.24, 2.45) is 0 Å².